The lowest BCUT2D eigenvalue weighted by Crippen LogP contribution is -2.24. The van der Waals surface area contributed by atoms with Gasteiger partial charge in [-0.2, -0.15) is 0 Å². The summed E-state index contributed by atoms with van der Waals surface area (Å²) in [6.07, 6.45) is 2.10. The molecule has 0 saturated carbocycles. The summed E-state index contributed by atoms with van der Waals surface area (Å²) >= 11 is 11.4. The molecule has 0 aliphatic heterocycles. The topological polar surface area (TPSA) is 12.0 Å². The fourth-order valence-electron chi connectivity index (χ4n) is 2.19. The van der Waals surface area contributed by atoms with Crippen molar-refractivity contribution >= 4 is 38.9 Å². The van der Waals surface area contributed by atoms with Gasteiger partial charge in [0.25, 0.3) is 0 Å². The van der Waals surface area contributed by atoms with Crippen molar-refractivity contribution in [3.05, 3.63) is 55.1 Å². The molecule has 0 aliphatic carbocycles. The van der Waals surface area contributed by atoms with Crippen LogP contribution in [0.5, 0.6) is 0 Å². The fraction of sp³-hybridized carbons (Fsp3) is 0.375. The third-order valence-electron chi connectivity index (χ3n) is 3.21. The van der Waals surface area contributed by atoms with E-state index >= 15 is 0 Å². The Hall–Kier alpha value is -0.350. The Balaban J connectivity index is 2.22. The number of halogens is 2. The van der Waals surface area contributed by atoms with E-state index in [2.05, 4.69) is 59.4 Å². The maximum Gasteiger partial charge on any atom is 0.0931 e. The van der Waals surface area contributed by atoms with Crippen molar-refractivity contribution in [1.29, 1.82) is 0 Å². The van der Waals surface area contributed by atoms with Crippen LogP contribution in [0.15, 0.2) is 34.8 Å². The van der Waals surface area contributed by atoms with Crippen LogP contribution in [0.4, 0.5) is 0 Å². The van der Waals surface area contributed by atoms with Crippen LogP contribution in [-0.4, -0.2) is 6.54 Å². The van der Waals surface area contributed by atoms with E-state index < -0.39 is 0 Å². The van der Waals surface area contributed by atoms with Gasteiger partial charge in [-0.1, -0.05) is 46.6 Å². The highest BCUT2D eigenvalue weighted by atomic mass is 79.9. The van der Waals surface area contributed by atoms with Crippen LogP contribution in [0.2, 0.25) is 4.34 Å². The van der Waals surface area contributed by atoms with E-state index in [0.29, 0.717) is 6.04 Å². The molecule has 0 fully saturated rings. The van der Waals surface area contributed by atoms with Crippen LogP contribution in [0.25, 0.3) is 0 Å². The quantitative estimate of drug-likeness (QED) is 0.680. The van der Waals surface area contributed by atoms with Gasteiger partial charge in [0.1, 0.15) is 0 Å². The minimum absolute atomic E-state index is 0.319. The second-order valence-electron chi connectivity index (χ2n) is 4.94. The summed E-state index contributed by atoms with van der Waals surface area (Å²) in [6, 6.07) is 11.0. The first-order valence-corrected chi connectivity index (χ1v) is 8.82. The maximum absolute atomic E-state index is 6.04. The van der Waals surface area contributed by atoms with Crippen LogP contribution in [0, 0.1) is 6.92 Å². The largest absolute Gasteiger partial charge is 0.310 e. The normalized spacial score (nSPS) is 12.6. The summed E-state index contributed by atoms with van der Waals surface area (Å²) in [4.78, 5) is 1.32. The molecule has 2 aromatic rings. The second kappa shape index (κ2) is 7.60. The van der Waals surface area contributed by atoms with E-state index in [0.717, 1.165) is 23.7 Å². The Kier molecular flexibility index (Phi) is 6.09. The van der Waals surface area contributed by atoms with Crippen molar-refractivity contribution in [2.45, 2.75) is 32.7 Å². The molecule has 0 bridgehead atoms. The molecule has 20 heavy (non-hydrogen) atoms. The first kappa shape index (κ1) is 16.0. The number of thiophene rings is 1. The van der Waals surface area contributed by atoms with Gasteiger partial charge < -0.3 is 5.32 Å². The monoisotopic (exact) mass is 371 g/mol. The molecule has 4 heteroatoms. The average molecular weight is 373 g/mol. The van der Waals surface area contributed by atoms with Gasteiger partial charge in [0.05, 0.1) is 4.34 Å². The Morgan fingerprint density at radius 2 is 2.10 bits per heavy atom. The number of hydrogen-bond acceptors (Lipinski definition) is 2. The predicted molar refractivity (Wildman–Crippen MR) is 92.9 cm³/mol. The van der Waals surface area contributed by atoms with Gasteiger partial charge in [0.15, 0.2) is 0 Å². The zero-order valence-electron chi connectivity index (χ0n) is 11.7. The number of hydrogen-bond donors (Lipinski definition) is 1. The van der Waals surface area contributed by atoms with E-state index in [9.17, 15) is 0 Å². The molecule has 0 aliphatic rings. The van der Waals surface area contributed by atoms with Gasteiger partial charge in [-0.25, -0.2) is 0 Å². The van der Waals surface area contributed by atoms with E-state index in [-0.39, 0.29) is 0 Å². The Bertz CT molecular complexity index is 567. The molecular weight excluding hydrogens is 354 g/mol. The molecule has 0 saturated heterocycles. The molecule has 2 rings (SSSR count). The van der Waals surface area contributed by atoms with Crippen molar-refractivity contribution in [3.63, 3.8) is 0 Å². The first-order valence-electron chi connectivity index (χ1n) is 6.83. The van der Waals surface area contributed by atoms with Crippen molar-refractivity contribution < 1.29 is 0 Å². The van der Waals surface area contributed by atoms with E-state index in [1.54, 1.807) is 11.3 Å². The molecule has 1 N–H and O–H groups in total. The van der Waals surface area contributed by atoms with Gasteiger partial charge in [0, 0.05) is 21.8 Å². The Morgan fingerprint density at radius 3 is 2.70 bits per heavy atom. The molecular formula is C16H19BrClNS. The highest BCUT2D eigenvalue weighted by Gasteiger charge is 2.15. The molecule has 1 heterocycles. The summed E-state index contributed by atoms with van der Waals surface area (Å²) in [7, 11) is 0. The van der Waals surface area contributed by atoms with Crippen molar-refractivity contribution in [2.24, 2.45) is 0 Å². The first-order chi connectivity index (χ1) is 9.60. The van der Waals surface area contributed by atoms with Crippen molar-refractivity contribution in [3.8, 4) is 0 Å². The van der Waals surface area contributed by atoms with Crippen LogP contribution in [-0.2, 0) is 6.42 Å². The van der Waals surface area contributed by atoms with Crippen LogP contribution >= 0.6 is 38.9 Å². The lowest BCUT2D eigenvalue weighted by atomic mass is 10.0. The summed E-state index contributed by atoms with van der Waals surface area (Å²) < 4.78 is 2.03. The van der Waals surface area contributed by atoms with Crippen LogP contribution in [0.3, 0.4) is 0 Å². The van der Waals surface area contributed by atoms with E-state index in [1.165, 1.54) is 20.5 Å². The molecule has 0 spiro atoms. The summed E-state index contributed by atoms with van der Waals surface area (Å²) in [5.41, 5.74) is 2.59. The molecule has 0 radical (unpaired) electrons. The lowest BCUT2D eigenvalue weighted by molar-refractivity contribution is 0.530. The third-order valence-corrected chi connectivity index (χ3v) is 5.15. The molecule has 1 unspecified atom stereocenters. The molecule has 0 amide bonds. The van der Waals surface area contributed by atoms with Gasteiger partial charge >= 0.3 is 0 Å². The Labute approximate surface area is 138 Å². The maximum atomic E-state index is 6.04. The van der Waals surface area contributed by atoms with Gasteiger partial charge in [-0.05, 0) is 49.2 Å². The average Bonchev–Trinajstić information content (AvgIpc) is 2.80. The molecule has 1 atom stereocenters. The summed E-state index contributed by atoms with van der Waals surface area (Å²) in [5, 5.41) is 3.64. The molecule has 108 valence electrons. The lowest BCUT2D eigenvalue weighted by Gasteiger charge is -2.20. The zero-order chi connectivity index (χ0) is 14.5. The highest BCUT2D eigenvalue weighted by molar-refractivity contribution is 9.10. The zero-order valence-corrected chi connectivity index (χ0v) is 14.9. The Morgan fingerprint density at radius 1 is 1.30 bits per heavy atom. The van der Waals surface area contributed by atoms with Gasteiger partial charge in [-0.3, -0.25) is 0 Å². The van der Waals surface area contributed by atoms with Crippen molar-refractivity contribution in [2.75, 3.05) is 6.54 Å². The molecule has 1 nitrogen and oxygen atoms in total. The fourth-order valence-corrected chi connectivity index (χ4v) is 4.09. The third kappa shape index (κ3) is 4.32. The van der Waals surface area contributed by atoms with Crippen LogP contribution < -0.4 is 5.32 Å². The highest BCUT2D eigenvalue weighted by Crippen LogP contribution is 2.30. The van der Waals surface area contributed by atoms with E-state index in [1.807, 2.05) is 6.07 Å². The number of benzene rings is 1. The number of aryl methyl sites for hydroxylation is 1. The number of rotatable bonds is 6. The SMILES string of the molecule is CCCNC(Cc1ccc(Cl)s1)c1ccc(C)cc1Br. The molecule has 1 aromatic heterocycles. The summed E-state index contributed by atoms with van der Waals surface area (Å²) in [5.74, 6) is 0. The van der Waals surface area contributed by atoms with Crippen molar-refractivity contribution in [1.82, 2.24) is 5.32 Å². The van der Waals surface area contributed by atoms with Crippen LogP contribution in [0.1, 0.15) is 35.4 Å². The summed E-state index contributed by atoms with van der Waals surface area (Å²) in [6.45, 7) is 5.32. The minimum Gasteiger partial charge on any atom is -0.310 e. The minimum atomic E-state index is 0.319. The smallest absolute Gasteiger partial charge is 0.0931 e. The standard InChI is InChI=1S/C16H19BrClNS/c1-3-8-19-15(10-12-5-7-16(18)20-12)13-6-4-11(2)9-14(13)17/h4-7,9,15,19H,3,8,10H2,1-2H3. The van der Waals surface area contributed by atoms with E-state index in [4.69, 9.17) is 11.6 Å². The number of nitrogens with one attached hydrogen (secondary N) is 1. The predicted octanol–water partition coefficient (Wildman–Crippen LogP) is 5.76. The molecule has 1 aromatic carbocycles. The van der Waals surface area contributed by atoms with Gasteiger partial charge in [0.2, 0.25) is 0 Å². The second-order valence-corrected chi connectivity index (χ2v) is 7.60. The van der Waals surface area contributed by atoms with Gasteiger partial charge in [-0.15, -0.1) is 11.3 Å².